The first kappa shape index (κ1) is 22.3. The molecule has 2 aromatic carbocycles. The Morgan fingerprint density at radius 1 is 0.844 bits per heavy atom. The summed E-state index contributed by atoms with van der Waals surface area (Å²) in [6.45, 7) is 5.65. The molecule has 4 rings (SSSR count). The maximum absolute atomic E-state index is 12.8. The number of fused-ring (bicyclic) bond motifs is 1. The molecule has 0 atom stereocenters. The number of rotatable bonds is 5. The Balaban J connectivity index is 1.85. The van der Waals surface area contributed by atoms with Gasteiger partial charge >= 0.3 is 0 Å². The van der Waals surface area contributed by atoms with Crippen LogP contribution < -0.4 is 0 Å². The Morgan fingerprint density at radius 2 is 1.50 bits per heavy atom. The van der Waals surface area contributed by atoms with Crippen molar-refractivity contribution < 1.29 is 8.42 Å². The second-order valence-corrected chi connectivity index (χ2v) is 10.8. The van der Waals surface area contributed by atoms with Gasteiger partial charge in [0.25, 0.3) is 0 Å². The van der Waals surface area contributed by atoms with Crippen molar-refractivity contribution >= 4 is 32.6 Å². The van der Waals surface area contributed by atoms with Crippen LogP contribution in [0, 0.1) is 20.8 Å². The Labute approximate surface area is 192 Å². The quantitative estimate of drug-likeness (QED) is 0.403. The predicted molar refractivity (Wildman–Crippen MR) is 126 cm³/mol. The summed E-state index contributed by atoms with van der Waals surface area (Å²) in [5.41, 5.74) is 3.78. The van der Waals surface area contributed by atoms with Crippen molar-refractivity contribution in [3.63, 3.8) is 0 Å². The fourth-order valence-electron chi connectivity index (χ4n) is 3.42. The SMILES string of the molecule is Cc1cc(C)nc(Sc2nnc(-c3ccc(C)c(S(=O)(=O)N(C)C)c3)c3ccccc23)n1. The fraction of sp³-hybridized carbons (Fsp3) is 0.217. The largest absolute Gasteiger partial charge is 0.242 e. The normalized spacial score (nSPS) is 11.9. The van der Waals surface area contributed by atoms with Crippen LogP contribution in [-0.2, 0) is 10.0 Å². The molecule has 0 amide bonds. The second kappa shape index (κ2) is 8.57. The van der Waals surface area contributed by atoms with E-state index in [0.717, 1.165) is 22.2 Å². The van der Waals surface area contributed by atoms with Crippen LogP contribution in [0.5, 0.6) is 0 Å². The zero-order valence-corrected chi connectivity index (χ0v) is 20.1. The van der Waals surface area contributed by atoms with Gasteiger partial charge in [-0.2, -0.15) is 0 Å². The van der Waals surface area contributed by atoms with Crippen molar-refractivity contribution in [2.45, 2.75) is 35.8 Å². The standard InChI is InChI=1S/C23H23N5O2S2/c1-14-10-11-17(13-20(14)32(29,30)28(4)5)21-18-8-6-7-9-19(18)22(27-26-21)31-23-24-15(2)12-16(3)25-23/h6-13H,1-5H3. The van der Waals surface area contributed by atoms with E-state index in [-0.39, 0.29) is 4.90 Å². The third kappa shape index (κ3) is 4.23. The van der Waals surface area contributed by atoms with Gasteiger partial charge in [-0.1, -0.05) is 36.4 Å². The van der Waals surface area contributed by atoms with Gasteiger partial charge in [-0.15, -0.1) is 10.2 Å². The molecule has 0 radical (unpaired) electrons. The lowest BCUT2D eigenvalue weighted by atomic mass is 10.0. The molecule has 0 saturated heterocycles. The van der Waals surface area contributed by atoms with Gasteiger partial charge < -0.3 is 0 Å². The van der Waals surface area contributed by atoms with E-state index < -0.39 is 10.0 Å². The van der Waals surface area contributed by atoms with Crippen molar-refractivity contribution in [2.75, 3.05) is 14.1 Å². The molecule has 0 spiro atoms. The van der Waals surface area contributed by atoms with Crippen LogP contribution in [0.1, 0.15) is 17.0 Å². The summed E-state index contributed by atoms with van der Waals surface area (Å²) in [7, 11) is -0.533. The maximum Gasteiger partial charge on any atom is 0.242 e. The van der Waals surface area contributed by atoms with Crippen molar-refractivity contribution in [1.29, 1.82) is 0 Å². The molecule has 0 aliphatic carbocycles. The van der Waals surface area contributed by atoms with Crippen LogP contribution >= 0.6 is 11.8 Å². The Kier molecular flexibility index (Phi) is 5.98. The first-order valence-corrected chi connectivity index (χ1v) is 12.2. The summed E-state index contributed by atoms with van der Waals surface area (Å²) < 4.78 is 26.8. The molecule has 0 aliphatic rings. The lowest BCUT2D eigenvalue weighted by Crippen LogP contribution is -2.23. The van der Waals surface area contributed by atoms with Crippen molar-refractivity contribution in [1.82, 2.24) is 24.5 Å². The summed E-state index contributed by atoms with van der Waals surface area (Å²) in [4.78, 5) is 9.25. The van der Waals surface area contributed by atoms with Crippen LogP contribution in [0.25, 0.3) is 22.0 Å². The molecule has 32 heavy (non-hydrogen) atoms. The van der Waals surface area contributed by atoms with E-state index >= 15 is 0 Å². The Morgan fingerprint density at radius 3 is 2.16 bits per heavy atom. The summed E-state index contributed by atoms with van der Waals surface area (Å²) in [6.07, 6.45) is 0. The average molecular weight is 466 g/mol. The number of hydrogen-bond acceptors (Lipinski definition) is 7. The molecule has 0 aliphatic heterocycles. The summed E-state index contributed by atoms with van der Waals surface area (Å²) in [6, 6.07) is 15.1. The molecule has 164 valence electrons. The van der Waals surface area contributed by atoms with Gasteiger partial charge in [0, 0.05) is 41.8 Å². The highest BCUT2D eigenvalue weighted by molar-refractivity contribution is 7.99. The number of aryl methyl sites for hydroxylation is 3. The minimum absolute atomic E-state index is 0.257. The van der Waals surface area contributed by atoms with E-state index in [4.69, 9.17) is 0 Å². The lowest BCUT2D eigenvalue weighted by Gasteiger charge is -2.15. The third-order valence-electron chi connectivity index (χ3n) is 5.02. The second-order valence-electron chi connectivity index (χ2n) is 7.70. The van der Waals surface area contributed by atoms with Crippen LogP contribution in [-0.4, -0.2) is 47.0 Å². The van der Waals surface area contributed by atoms with Gasteiger partial charge in [0.2, 0.25) is 10.0 Å². The molecule has 0 saturated carbocycles. The summed E-state index contributed by atoms with van der Waals surface area (Å²) in [5.74, 6) is 0. The average Bonchev–Trinajstić information content (AvgIpc) is 2.73. The number of hydrogen-bond donors (Lipinski definition) is 0. The zero-order valence-electron chi connectivity index (χ0n) is 18.5. The number of benzene rings is 2. The minimum atomic E-state index is -3.58. The van der Waals surface area contributed by atoms with E-state index in [1.807, 2.05) is 50.2 Å². The highest BCUT2D eigenvalue weighted by Crippen LogP contribution is 2.35. The van der Waals surface area contributed by atoms with Gasteiger partial charge in [-0.05, 0) is 50.2 Å². The molecular weight excluding hydrogens is 442 g/mol. The molecule has 0 unspecified atom stereocenters. The zero-order chi connectivity index (χ0) is 23.0. The summed E-state index contributed by atoms with van der Waals surface area (Å²) >= 11 is 1.36. The third-order valence-corrected chi connectivity index (χ3v) is 7.84. The molecular formula is C23H23N5O2S2. The first-order chi connectivity index (χ1) is 15.2. The van der Waals surface area contributed by atoms with Gasteiger partial charge in [-0.3, -0.25) is 0 Å². The minimum Gasteiger partial charge on any atom is -0.228 e. The van der Waals surface area contributed by atoms with Crippen LogP contribution in [0.2, 0.25) is 0 Å². The first-order valence-electron chi connectivity index (χ1n) is 9.96. The van der Waals surface area contributed by atoms with Gasteiger partial charge in [-0.25, -0.2) is 22.7 Å². The van der Waals surface area contributed by atoms with Gasteiger partial charge in [0.1, 0.15) is 10.7 Å². The smallest absolute Gasteiger partial charge is 0.228 e. The fourth-order valence-corrected chi connectivity index (χ4v) is 5.48. The monoisotopic (exact) mass is 465 g/mol. The number of sulfonamides is 1. The van der Waals surface area contributed by atoms with Crippen LogP contribution in [0.4, 0.5) is 0 Å². The van der Waals surface area contributed by atoms with E-state index in [1.165, 1.54) is 30.2 Å². The molecule has 2 heterocycles. The Hall–Kier alpha value is -2.88. The van der Waals surface area contributed by atoms with Crippen molar-refractivity contribution in [3.05, 3.63) is 65.5 Å². The highest BCUT2D eigenvalue weighted by atomic mass is 32.2. The number of nitrogens with zero attached hydrogens (tertiary/aromatic N) is 5. The van der Waals surface area contributed by atoms with Crippen molar-refractivity contribution in [2.24, 2.45) is 0 Å². The van der Waals surface area contributed by atoms with E-state index in [0.29, 0.717) is 27.0 Å². The Bertz CT molecular complexity index is 1420. The van der Waals surface area contributed by atoms with Gasteiger partial charge in [0.15, 0.2) is 5.16 Å². The van der Waals surface area contributed by atoms with E-state index in [1.54, 1.807) is 19.1 Å². The highest BCUT2D eigenvalue weighted by Gasteiger charge is 2.21. The molecule has 0 fully saturated rings. The lowest BCUT2D eigenvalue weighted by molar-refractivity contribution is 0.520. The molecule has 7 nitrogen and oxygen atoms in total. The predicted octanol–water partition coefficient (Wildman–Crippen LogP) is 4.41. The molecule has 9 heteroatoms. The topological polar surface area (TPSA) is 88.9 Å². The number of aromatic nitrogens is 4. The van der Waals surface area contributed by atoms with Crippen LogP contribution in [0.15, 0.2) is 63.6 Å². The molecule has 0 bridgehead atoms. The van der Waals surface area contributed by atoms with Crippen LogP contribution in [0.3, 0.4) is 0 Å². The maximum atomic E-state index is 12.8. The van der Waals surface area contributed by atoms with E-state index in [9.17, 15) is 8.42 Å². The summed E-state index contributed by atoms with van der Waals surface area (Å²) in [5, 5.41) is 12.0. The molecule has 4 aromatic rings. The van der Waals surface area contributed by atoms with Gasteiger partial charge in [0.05, 0.1) is 4.90 Å². The van der Waals surface area contributed by atoms with E-state index in [2.05, 4.69) is 20.2 Å². The molecule has 0 N–H and O–H groups in total. The molecule has 2 aromatic heterocycles. The van der Waals surface area contributed by atoms with Crippen molar-refractivity contribution in [3.8, 4) is 11.3 Å².